The van der Waals surface area contributed by atoms with E-state index >= 15 is 0 Å². The minimum Gasteiger partial charge on any atom is -0.467 e. The Kier molecular flexibility index (Phi) is 5.98. The van der Waals surface area contributed by atoms with E-state index < -0.39 is 0 Å². The molecule has 5 nitrogen and oxygen atoms in total. The lowest BCUT2D eigenvalue weighted by Gasteiger charge is -2.20. The summed E-state index contributed by atoms with van der Waals surface area (Å²) < 4.78 is 24.4. The number of guanidine groups is 1. The molecule has 4 rings (SSSR count). The fourth-order valence-corrected chi connectivity index (χ4v) is 3.38. The highest BCUT2D eigenvalue weighted by Crippen LogP contribution is 2.30. The van der Waals surface area contributed by atoms with Crippen LogP contribution in [0.1, 0.15) is 28.7 Å². The summed E-state index contributed by atoms with van der Waals surface area (Å²) >= 11 is 0. The summed E-state index contributed by atoms with van der Waals surface area (Å²) in [5.74, 6) is 0.605. The molecule has 2 aliphatic rings. The SMILES string of the molecule is I.NC(=NCc1cc(F)cc2c1OCOC2)Nc1ccc2c(c1)CCC2. The van der Waals surface area contributed by atoms with Crippen molar-refractivity contribution in [3.63, 3.8) is 0 Å². The molecule has 0 unspecified atom stereocenters. The van der Waals surface area contributed by atoms with Gasteiger partial charge in [0.15, 0.2) is 12.8 Å². The first-order valence-corrected chi connectivity index (χ1v) is 8.39. The summed E-state index contributed by atoms with van der Waals surface area (Å²) in [4.78, 5) is 4.33. The molecule has 26 heavy (non-hydrogen) atoms. The van der Waals surface area contributed by atoms with Crippen molar-refractivity contribution in [2.24, 2.45) is 10.7 Å². The third kappa shape index (κ3) is 4.09. The van der Waals surface area contributed by atoms with Crippen molar-refractivity contribution in [2.75, 3.05) is 12.1 Å². The second-order valence-electron chi connectivity index (χ2n) is 6.33. The minimum atomic E-state index is -0.330. The van der Waals surface area contributed by atoms with Crippen molar-refractivity contribution < 1.29 is 13.9 Å². The Morgan fingerprint density at radius 2 is 2.00 bits per heavy atom. The van der Waals surface area contributed by atoms with Gasteiger partial charge in [0, 0.05) is 16.8 Å². The molecule has 0 atom stereocenters. The van der Waals surface area contributed by atoms with Crippen molar-refractivity contribution in [3.8, 4) is 5.75 Å². The van der Waals surface area contributed by atoms with E-state index in [0.717, 1.165) is 18.5 Å². The number of anilines is 1. The highest BCUT2D eigenvalue weighted by molar-refractivity contribution is 14.0. The van der Waals surface area contributed by atoms with Gasteiger partial charge in [-0.25, -0.2) is 9.38 Å². The number of nitrogens with zero attached hydrogens (tertiary/aromatic N) is 1. The number of hydrogen-bond acceptors (Lipinski definition) is 3. The van der Waals surface area contributed by atoms with Gasteiger partial charge in [-0.15, -0.1) is 24.0 Å². The zero-order valence-corrected chi connectivity index (χ0v) is 16.6. The van der Waals surface area contributed by atoms with Gasteiger partial charge < -0.3 is 20.5 Å². The molecule has 0 saturated heterocycles. The van der Waals surface area contributed by atoms with Gasteiger partial charge in [0.25, 0.3) is 0 Å². The minimum absolute atomic E-state index is 0. The number of aryl methyl sites for hydroxylation is 2. The van der Waals surface area contributed by atoms with Crippen LogP contribution < -0.4 is 15.8 Å². The Morgan fingerprint density at radius 3 is 2.88 bits per heavy atom. The zero-order valence-electron chi connectivity index (χ0n) is 14.3. The monoisotopic (exact) mass is 469 g/mol. The smallest absolute Gasteiger partial charge is 0.193 e. The van der Waals surface area contributed by atoms with Gasteiger partial charge in [-0.05, 0) is 54.7 Å². The van der Waals surface area contributed by atoms with Gasteiger partial charge >= 0.3 is 0 Å². The van der Waals surface area contributed by atoms with Crippen molar-refractivity contribution in [3.05, 3.63) is 58.4 Å². The molecular weight excluding hydrogens is 448 g/mol. The van der Waals surface area contributed by atoms with Gasteiger partial charge in [0.05, 0.1) is 13.2 Å². The van der Waals surface area contributed by atoms with Crippen molar-refractivity contribution >= 4 is 35.6 Å². The van der Waals surface area contributed by atoms with Crippen molar-refractivity contribution in [2.45, 2.75) is 32.4 Å². The molecule has 2 aromatic rings. The number of hydrogen-bond donors (Lipinski definition) is 2. The third-order valence-corrected chi connectivity index (χ3v) is 4.54. The maximum atomic E-state index is 13.7. The van der Waals surface area contributed by atoms with E-state index in [0.29, 0.717) is 29.4 Å². The molecule has 0 fully saturated rings. The Labute approximate surface area is 168 Å². The average Bonchev–Trinajstić information content (AvgIpc) is 3.07. The van der Waals surface area contributed by atoms with Gasteiger partial charge in [-0.2, -0.15) is 0 Å². The van der Waals surface area contributed by atoms with Gasteiger partial charge in [-0.3, -0.25) is 0 Å². The second-order valence-corrected chi connectivity index (χ2v) is 6.33. The molecule has 0 spiro atoms. The molecule has 1 aliphatic carbocycles. The lowest BCUT2D eigenvalue weighted by molar-refractivity contribution is -0.0172. The van der Waals surface area contributed by atoms with Crippen LogP contribution in [0.4, 0.5) is 10.1 Å². The number of fused-ring (bicyclic) bond motifs is 2. The molecule has 7 heteroatoms. The van der Waals surface area contributed by atoms with Gasteiger partial charge in [0.2, 0.25) is 0 Å². The Hall–Kier alpha value is -1.87. The first kappa shape index (κ1) is 18.9. The van der Waals surface area contributed by atoms with E-state index in [1.807, 2.05) is 6.07 Å². The molecule has 1 heterocycles. The third-order valence-electron chi connectivity index (χ3n) is 4.54. The molecule has 138 valence electrons. The average molecular weight is 469 g/mol. The molecule has 0 bridgehead atoms. The maximum absolute atomic E-state index is 13.7. The van der Waals surface area contributed by atoms with Crippen LogP contribution in [0, 0.1) is 5.82 Å². The Morgan fingerprint density at radius 1 is 1.15 bits per heavy atom. The van der Waals surface area contributed by atoms with Crippen LogP contribution in [0.15, 0.2) is 35.3 Å². The number of nitrogens with two attached hydrogens (primary N) is 1. The van der Waals surface area contributed by atoms with Gasteiger partial charge in [0.1, 0.15) is 11.6 Å². The summed E-state index contributed by atoms with van der Waals surface area (Å²) in [5, 5.41) is 3.11. The summed E-state index contributed by atoms with van der Waals surface area (Å²) in [7, 11) is 0. The number of ether oxygens (including phenoxy) is 2. The Balaban J connectivity index is 0.00000196. The molecule has 0 aromatic heterocycles. The predicted octanol–water partition coefficient (Wildman–Crippen LogP) is 3.73. The zero-order chi connectivity index (χ0) is 17.2. The molecular formula is C19H21FIN3O2. The van der Waals surface area contributed by atoms with Crippen LogP contribution in [-0.2, 0) is 30.7 Å². The molecule has 2 aromatic carbocycles. The van der Waals surface area contributed by atoms with E-state index in [2.05, 4.69) is 22.4 Å². The van der Waals surface area contributed by atoms with E-state index in [9.17, 15) is 4.39 Å². The van der Waals surface area contributed by atoms with Crippen molar-refractivity contribution in [1.82, 2.24) is 0 Å². The van der Waals surface area contributed by atoms with Crippen LogP contribution in [-0.4, -0.2) is 12.8 Å². The standard InChI is InChI=1S/C19H20FN3O2.HI/c20-16-6-14(18-15(7-16)10-24-11-25-18)9-22-19(21)23-17-5-4-12-2-1-3-13(12)8-17;/h4-8H,1-3,9-11H2,(H3,21,22,23);1H. The van der Waals surface area contributed by atoms with E-state index in [4.69, 9.17) is 15.2 Å². The fourth-order valence-electron chi connectivity index (χ4n) is 3.38. The fraction of sp³-hybridized carbons (Fsp3) is 0.316. The van der Waals surface area contributed by atoms with Crippen molar-refractivity contribution in [1.29, 1.82) is 0 Å². The Bertz CT molecular complexity index is 842. The molecule has 1 aliphatic heterocycles. The number of benzene rings is 2. The van der Waals surface area contributed by atoms with E-state index in [1.165, 1.54) is 29.7 Å². The van der Waals surface area contributed by atoms with Crippen LogP contribution >= 0.6 is 24.0 Å². The topological polar surface area (TPSA) is 68.9 Å². The highest BCUT2D eigenvalue weighted by atomic mass is 127. The van der Waals surface area contributed by atoms with Crippen LogP contribution in [0.3, 0.4) is 0 Å². The molecule has 3 N–H and O–H groups in total. The number of halogens is 2. The maximum Gasteiger partial charge on any atom is 0.193 e. The van der Waals surface area contributed by atoms with Gasteiger partial charge in [-0.1, -0.05) is 6.07 Å². The van der Waals surface area contributed by atoms with Crippen LogP contribution in [0.5, 0.6) is 5.75 Å². The van der Waals surface area contributed by atoms with Crippen LogP contribution in [0.25, 0.3) is 0 Å². The first-order chi connectivity index (χ1) is 12.2. The number of rotatable bonds is 3. The summed E-state index contributed by atoms with van der Waals surface area (Å²) in [6.45, 7) is 0.745. The number of aliphatic imine (C=N–C) groups is 1. The van der Waals surface area contributed by atoms with Crippen LogP contribution in [0.2, 0.25) is 0 Å². The largest absolute Gasteiger partial charge is 0.467 e. The predicted molar refractivity (Wildman–Crippen MR) is 110 cm³/mol. The van der Waals surface area contributed by atoms with E-state index in [1.54, 1.807) is 0 Å². The quantitative estimate of drug-likeness (QED) is 0.409. The summed E-state index contributed by atoms with van der Waals surface area (Å²) in [6.07, 6.45) is 3.46. The molecule has 0 radical (unpaired) electrons. The second kappa shape index (κ2) is 8.22. The lowest BCUT2D eigenvalue weighted by Crippen LogP contribution is -2.23. The molecule has 0 amide bonds. The summed E-state index contributed by atoms with van der Waals surface area (Å²) in [6, 6.07) is 9.12. The van der Waals surface area contributed by atoms with E-state index in [-0.39, 0.29) is 43.1 Å². The highest BCUT2D eigenvalue weighted by Gasteiger charge is 2.17. The first-order valence-electron chi connectivity index (χ1n) is 8.39. The molecule has 0 saturated carbocycles. The number of nitrogens with one attached hydrogen (secondary N) is 1. The lowest BCUT2D eigenvalue weighted by atomic mass is 10.1. The normalized spacial score (nSPS) is 15.5. The summed E-state index contributed by atoms with van der Waals surface area (Å²) in [5.41, 5.74) is 11.1.